The zero-order valence-electron chi connectivity index (χ0n) is 17.2. The number of rotatable bonds is 16. The normalized spacial score (nSPS) is 18.1. The number of aliphatic hydroxyl groups excluding tert-OH is 1. The summed E-state index contributed by atoms with van der Waals surface area (Å²) in [6.45, 7) is 15.4. The molecule has 0 aromatic heterocycles. The van der Waals surface area contributed by atoms with Crippen LogP contribution >= 0.6 is 0 Å². The van der Waals surface area contributed by atoms with Gasteiger partial charge < -0.3 is 14.6 Å². The smallest absolute Gasteiger partial charge is 0.146 e. The van der Waals surface area contributed by atoms with Gasteiger partial charge in [-0.25, -0.2) is 0 Å². The van der Waals surface area contributed by atoms with Crippen LogP contribution in [0.1, 0.15) is 86.5 Å². The Morgan fingerprint density at radius 2 is 1.21 bits per heavy atom. The lowest BCUT2D eigenvalue weighted by atomic mass is 9.83. The van der Waals surface area contributed by atoms with Crippen molar-refractivity contribution in [3.63, 3.8) is 0 Å². The Labute approximate surface area is 151 Å². The molecule has 0 aliphatic rings. The maximum Gasteiger partial charge on any atom is 0.146 e. The fourth-order valence-corrected chi connectivity index (χ4v) is 3.90. The predicted molar refractivity (Wildman–Crippen MR) is 103 cm³/mol. The van der Waals surface area contributed by atoms with Crippen LogP contribution in [0, 0.1) is 23.7 Å². The van der Waals surface area contributed by atoms with Crippen LogP contribution in [0.4, 0.5) is 0 Å². The third-order valence-electron chi connectivity index (χ3n) is 4.66. The molecule has 0 saturated carbocycles. The molecule has 3 nitrogen and oxygen atoms in total. The number of aliphatic hydroxyl groups is 1. The van der Waals surface area contributed by atoms with Crippen molar-refractivity contribution in [1.29, 1.82) is 0 Å². The summed E-state index contributed by atoms with van der Waals surface area (Å²) in [5.41, 5.74) is 0. The molecule has 0 aliphatic carbocycles. The van der Waals surface area contributed by atoms with Crippen LogP contribution in [0.5, 0.6) is 0 Å². The van der Waals surface area contributed by atoms with Crippen LogP contribution in [0.25, 0.3) is 0 Å². The monoisotopic (exact) mass is 344 g/mol. The summed E-state index contributed by atoms with van der Waals surface area (Å²) in [4.78, 5) is 0. The molecular formula is C21H44O3. The second kappa shape index (κ2) is 15.2. The first-order valence-corrected chi connectivity index (χ1v) is 10.2. The standard InChI is InChI=1S/C21H44O3/c1-7-10-23-16-24-11-8-9-17(2)12-18(3)13-19(4)14-20(5)15-21(6)22/h17-22H,7-16H2,1-6H3. The van der Waals surface area contributed by atoms with Gasteiger partial charge in [0, 0.05) is 13.2 Å². The SMILES string of the molecule is CCCOCOCCCC(C)CC(C)CC(C)CC(C)CC(C)O. The van der Waals surface area contributed by atoms with Crippen LogP contribution in [-0.4, -0.2) is 31.2 Å². The van der Waals surface area contributed by atoms with Crippen LogP contribution < -0.4 is 0 Å². The summed E-state index contributed by atoms with van der Waals surface area (Å²) in [7, 11) is 0. The lowest BCUT2D eigenvalue weighted by Crippen LogP contribution is -2.13. The molecule has 24 heavy (non-hydrogen) atoms. The fourth-order valence-electron chi connectivity index (χ4n) is 3.90. The van der Waals surface area contributed by atoms with Gasteiger partial charge >= 0.3 is 0 Å². The highest BCUT2D eigenvalue weighted by Crippen LogP contribution is 2.27. The second-order valence-electron chi connectivity index (χ2n) is 8.29. The second-order valence-corrected chi connectivity index (χ2v) is 8.29. The highest BCUT2D eigenvalue weighted by molar-refractivity contribution is 4.67. The molecule has 0 fully saturated rings. The zero-order valence-corrected chi connectivity index (χ0v) is 17.2. The molecule has 0 rings (SSSR count). The third-order valence-corrected chi connectivity index (χ3v) is 4.66. The largest absolute Gasteiger partial charge is 0.393 e. The van der Waals surface area contributed by atoms with Gasteiger partial charge in [0.05, 0.1) is 6.10 Å². The van der Waals surface area contributed by atoms with Gasteiger partial charge in [0.15, 0.2) is 0 Å². The summed E-state index contributed by atoms with van der Waals surface area (Å²) >= 11 is 0. The van der Waals surface area contributed by atoms with E-state index in [1.54, 1.807) is 0 Å². The molecule has 0 radical (unpaired) electrons. The molecule has 0 spiro atoms. The van der Waals surface area contributed by atoms with Crippen molar-refractivity contribution in [3.8, 4) is 0 Å². The maximum atomic E-state index is 9.48. The van der Waals surface area contributed by atoms with Crippen molar-refractivity contribution in [2.24, 2.45) is 23.7 Å². The van der Waals surface area contributed by atoms with Gasteiger partial charge in [-0.15, -0.1) is 0 Å². The minimum Gasteiger partial charge on any atom is -0.393 e. The van der Waals surface area contributed by atoms with Crippen LogP contribution in [0.15, 0.2) is 0 Å². The molecule has 0 amide bonds. The van der Waals surface area contributed by atoms with E-state index < -0.39 is 0 Å². The van der Waals surface area contributed by atoms with Gasteiger partial charge in [0.25, 0.3) is 0 Å². The molecule has 146 valence electrons. The Kier molecular flexibility index (Phi) is 15.1. The van der Waals surface area contributed by atoms with E-state index in [0.717, 1.165) is 50.2 Å². The maximum absolute atomic E-state index is 9.48. The Morgan fingerprint density at radius 1 is 0.708 bits per heavy atom. The summed E-state index contributed by atoms with van der Waals surface area (Å²) in [6, 6.07) is 0. The summed E-state index contributed by atoms with van der Waals surface area (Å²) < 4.78 is 10.8. The molecule has 0 aromatic rings. The van der Waals surface area contributed by atoms with E-state index in [2.05, 4.69) is 34.6 Å². The van der Waals surface area contributed by atoms with Crippen molar-refractivity contribution in [3.05, 3.63) is 0 Å². The molecule has 1 N–H and O–H groups in total. The van der Waals surface area contributed by atoms with Crippen LogP contribution in [0.3, 0.4) is 0 Å². The van der Waals surface area contributed by atoms with E-state index in [-0.39, 0.29) is 6.10 Å². The molecule has 5 atom stereocenters. The first kappa shape index (κ1) is 23.9. The molecule has 0 saturated heterocycles. The first-order chi connectivity index (χ1) is 11.3. The Balaban J connectivity index is 3.68. The topological polar surface area (TPSA) is 38.7 Å². The summed E-state index contributed by atoms with van der Waals surface area (Å²) in [6.07, 6.45) is 8.02. The molecule has 0 aromatic carbocycles. The quantitative estimate of drug-likeness (QED) is 0.290. The van der Waals surface area contributed by atoms with Crippen molar-refractivity contribution in [2.45, 2.75) is 92.6 Å². The number of ether oxygens (including phenoxy) is 2. The average molecular weight is 345 g/mol. The van der Waals surface area contributed by atoms with Crippen LogP contribution in [-0.2, 0) is 9.47 Å². The molecule has 0 aliphatic heterocycles. The fraction of sp³-hybridized carbons (Fsp3) is 1.00. The third kappa shape index (κ3) is 15.4. The van der Waals surface area contributed by atoms with Gasteiger partial charge in [-0.1, -0.05) is 34.6 Å². The van der Waals surface area contributed by atoms with E-state index in [1.165, 1.54) is 25.7 Å². The van der Waals surface area contributed by atoms with E-state index in [4.69, 9.17) is 9.47 Å². The van der Waals surface area contributed by atoms with Crippen molar-refractivity contribution >= 4 is 0 Å². The van der Waals surface area contributed by atoms with Crippen molar-refractivity contribution in [2.75, 3.05) is 20.0 Å². The lowest BCUT2D eigenvalue weighted by Gasteiger charge is -2.23. The summed E-state index contributed by atoms with van der Waals surface area (Å²) in [5.74, 6) is 2.92. The predicted octanol–water partition coefficient (Wildman–Crippen LogP) is 5.65. The molecule has 0 heterocycles. The van der Waals surface area contributed by atoms with Gasteiger partial charge in [-0.3, -0.25) is 0 Å². The van der Waals surface area contributed by atoms with Gasteiger partial charge in [-0.2, -0.15) is 0 Å². The molecule has 3 heteroatoms. The first-order valence-electron chi connectivity index (χ1n) is 10.2. The Morgan fingerprint density at radius 3 is 1.75 bits per heavy atom. The van der Waals surface area contributed by atoms with Gasteiger partial charge in [0.2, 0.25) is 0 Å². The van der Waals surface area contributed by atoms with E-state index >= 15 is 0 Å². The minimum atomic E-state index is -0.167. The average Bonchev–Trinajstić information content (AvgIpc) is 2.44. The Bertz CT molecular complexity index is 268. The lowest BCUT2D eigenvalue weighted by molar-refractivity contribution is -0.0549. The van der Waals surface area contributed by atoms with Gasteiger partial charge in [0.1, 0.15) is 6.79 Å². The Hall–Kier alpha value is -0.120. The van der Waals surface area contributed by atoms with Crippen LogP contribution in [0.2, 0.25) is 0 Å². The summed E-state index contributed by atoms with van der Waals surface area (Å²) in [5, 5.41) is 9.48. The molecule has 0 bridgehead atoms. The molecular weight excluding hydrogens is 300 g/mol. The molecule has 5 unspecified atom stereocenters. The van der Waals surface area contributed by atoms with Crippen molar-refractivity contribution in [1.82, 2.24) is 0 Å². The van der Waals surface area contributed by atoms with E-state index in [0.29, 0.717) is 12.7 Å². The van der Waals surface area contributed by atoms with E-state index in [1.807, 2.05) is 6.92 Å². The minimum absolute atomic E-state index is 0.167. The van der Waals surface area contributed by atoms with Crippen molar-refractivity contribution < 1.29 is 14.6 Å². The highest BCUT2D eigenvalue weighted by Gasteiger charge is 2.15. The zero-order chi connectivity index (χ0) is 18.4. The number of hydrogen-bond donors (Lipinski definition) is 1. The number of hydrogen-bond acceptors (Lipinski definition) is 3. The van der Waals surface area contributed by atoms with E-state index in [9.17, 15) is 5.11 Å². The highest BCUT2D eigenvalue weighted by atomic mass is 16.7. The van der Waals surface area contributed by atoms with Gasteiger partial charge in [-0.05, 0) is 75.5 Å².